The molecule has 1 N–H and O–H groups in total. The second-order valence-corrected chi connectivity index (χ2v) is 7.21. The van der Waals surface area contributed by atoms with Crippen LogP contribution in [0, 0.1) is 0 Å². The first-order valence-electron chi connectivity index (χ1n) is 7.81. The molecular formula is C18H12Cl2N4O2S. The molecule has 4 rings (SSSR count). The lowest BCUT2D eigenvalue weighted by atomic mass is 10.2. The normalized spacial score (nSPS) is 10.9. The summed E-state index contributed by atoms with van der Waals surface area (Å²) in [4.78, 5) is 17.5. The van der Waals surface area contributed by atoms with Crippen LogP contribution in [0.2, 0.25) is 10.0 Å². The molecular weight excluding hydrogens is 407 g/mol. The molecule has 0 fully saturated rings. The molecule has 6 nitrogen and oxygen atoms in total. The SMILES string of the molecule is COc1ccccc1C(=O)Nc1nc2scc(-c3ccc(Cl)cc3Cl)n2n1. The highest BCUT2D eigenvalue weighted by atomic mass is 35.5. The molecule has 27 heavy (non-hydrogen) atoms. The molecule has 0 aliphatic heterocycles. The Bertz CT molecular complexity index is 1160. The Hall–Kier alpha value is -2.61. The molecule has 0 atom stereocenters. The average Bonchev–Trinajstić information content (AvgIpc) is 3.22. The topological polar surface area (TPSA) is 68.5 Å². The third-order valence-electron chi connectivity index (χ3n) is 3.87. The molecule has 1 amide bonds. The summed E-state index contributed by atoms with van der Waals surface area (Å²) in [5.74, 6) is 0.325. The fraction of sp³-hybridized carbons (Fsp3) is 0.0556. The van der Waals surface area contributed by atoms with Crippen LogP contribution in [0.5, 0.6) is 5.75 Å². The summed E-state index contributed by atoms with van der Waals surface area (Å²) in [5.41, 5.74) is 1.95. The standard InChI is InChI=1S/C18H12Cl2N4O2S/c1-26-15-5-3-2-4-12(15)16(25)21-17-22-18-24(23-17)14(9-27-18)11-7-6-10(19)8-13(11)20/h2-9H,1H3,(H,21,23,25). The Balaban J connectivity index is 1.67. The van der Waals surface area contributed by atoms with Crippen molar-refractivity contribution in [3.63, 3.8) is 0 Å². The first-order valence-corrected chi connectivity index (χ1v) is 9.44. The van der Waals surface area contributed by atoms with E-state index in [4.69, 9.17) is 27.9 Å². The Morgan fingerprint density at radius 1 is 1.22 bits per heavy atom. The predicted molar refractivity (Wildman–Crippen MR) is 107 cm³/mol. The fourth-order valence-corrected chi connectivity index (χ4v) is 3.95. The maximum Gasteiger partial charge on any atom is 0.261 e. The summed E-state index contributed by atoms with van der Waals surface area (Å²) in [5, 5.41) is 10.1. The van der Waals surface area contributed by atoms with Crippen molar-refractivity contribution in [3.05, 3.63) is 63.5 Å². The van der Waals surface area contributed by atoms with Crippen molar-refractivity contribution in [2.45, 2.75) is 0 Å². The van der Waals surface area contributed by atoms with Crippen molar-refractivity contribution >= 4 is 51.4 Å². The third kappa shape index (κ3) is 3.37. The minimum atomic E-state index is -0.350. The maximum atomic E-state index is 12.5. The number of hydrogen-bond donors (Lipinski definition) is 1. The average molecular weight is 419 g/mol. The molecule has 0 radical (unpaired) electrons. The van der Waals surface area contributed by atoms with E-state index in [9.17, 15) is 4.79 Å². The van der Waals surface area contributed by atoms with Crippen LogP contribution >= 0.6 is 34.5 Å². The fourth-order valence-electron chi connectivity index (χ4n) is 2.62. The van der Waals surface area contributed by atoms with Gasteiger partial charge in [-0.05, 0) is 30.3 Å². The van der Waals surface area contributed by atoms with Gasteiger partial charge in [-0.25, -0.2) is 4.52 Å². The predicted octanol–water partition coefficient (Wildman–Crippen LogP) is 5.03. The Kier molecular flexibility index (Phi) is 4.73. The van der Waals surface area contributed by atoms with Crippen molar-refractivity contribution in [2.75, 3.05) is 12.4 Å². The molecule has 0 aliphatic carbocycles. The molecule has 2 aromatic heterocycles. The van der Waals surface area contributed by atoms with Crippen LogP contribution in [0.3, 0.4) is 0 Å². The Morgan fingerprint density at radius 2 is 2.04 bits per heavy atom. The van der Waals surface area contributed by atoms with Crippen molar-refractivity contribution < 1.29 is 9.53 Å². The number of fused-ring (bicyclic) bond motifs is 1. The van der Waals surface area contributed by atoms with Gasteiger partial charge in [0.15, 0.2) is 0 Å². The number of methoxy groups -OCH3 is 1. The lowest BCUT2D eigenvalue weighted by Crippen LogP contribution is -2.14. The Labute approximate surface area is 168 Å². The highest BCUT2D eigenvalue weighted by Crippen LogP contribution is 2.33. The zero-order chi connectivity index (χ0) is 19.0. The molecule has 4 aromatic rings. The van der Waals surface area contributed by atoms with Crippen molar-refractivity contribution in [2.24, 2.45) is 0 Å². The number of aromatic nitrogens is 3. The number of thiazole rings is 1. The summed E-state index contributed by atoms with van der Waals surface area (Å²) in [6.07, 6.45) is 0. The number of anilines is 1. The van der Waals surface area contributed by atoms with Crippen LogP contribution in [0.15, 0.2) is 47.8 Å². The number of ether oxygens (including phenoxy) is 1. The third-order valence-corrected chi connectivity index (χ3v) is 5.23. The lowest BCUT2D eigenvalue weighted by molar-refractivity contribution is 0.102. The first-order chi connectivity index (χ1) is 13.1. The van der Waals surface area contributed by atoms with E-state index in [1.165, 1.54) is 18.4 Å². The molecule has 136 valence electrons. The minimum Gasteiger partial charge on any atom is -0.496 e. The zero-order valence-corrected chi connectivity index (χ0v) is 16.3. The van der Waals surface area contributed by atoms with E-state index in [-0.39, 0.29) is 11.9 Å². The summed E-state index contributed by atoms with van der Waals surface area (Å²) in [6, 6.07) is 12.2. The molecule has 0 unspecified atom stereocenters. The van der Waals surface area contributed by atoms with Gasteiger partial charge in [-0.3, -0.25) is 10.1 Å². The van der Waals surface area contributed by atoms with Crippen LogP contribution in [0.25, 0.3) is 16.2 Å². The molecule has 0 bridgehead atoms. The molecule has 0 spiro atoms. The van der Waals surface area contributed by atoms with Crippen LogP contribution in [-0.2, 0) is 0 Å². The maximum absolute atomic E-state index is 12.5. The van der Waals surface area contributed by atoms with Crippen molar-refractivity contribution in [1.29, 1.82) is 0 Å². The molecule has 0 aliphatic rings. The van der Waals surface area contributed by atoms with Gasteiger partial charge in [0.25, 0.3) is 11.9 Å². The number of nitrogens with zero attached hydrogens (tertiary/aromatic N) is 3. The molecule has 2 aromatic carbocycles. The first kappa shape index (κ1) is 17.8. The minimum absolute atomic E-state index is 0.198. The zero-order valence-electron chi connectivity index (χ0n) is 13.9. The number of halogens is 2. The van der Waals surface area contributed by atoms with Crippen LogP contribution in [0.1, 0.15) is 10.4 Å². The van der Waals surface area contributed by atoms with Gasteiger partial charge >= 0.3 is 0 Å². The van der Waals surface area contributed by atoms with Gasteiger partial charge in [0.1, 0.15) is 5.75 Å². The van der Waals surface area contributed by atoms with Gasteiger partial charge in [0, 0.05) is 16.0 Å². The number of carbonyl (C=O) groups excluding carboxylic acids is 1. The second-order valence-electron chi connectivity index (χ2n) is 5.53. The van der Waals surface area contributed by atoms with Gasteiger partial charge in [-0.2, -0.15) is 4.98 Å². The van der Waals surface area contributed by atoms with E-state index >= 15 is 0 Å². The van der Waals surface area contributed by atoms with Gasteiger partial charge in [-0.15, -0.1) is 16.4 Å². The van der Waals surface area contributed by atoms with Gasteiger partial charge in [0.05, 0.1) is 23.4 Å². The van der Waals surface area contributed by atoms with E-state index in [1.807, 2.05) is 11.4 Å². The number of hydrogen-bond acceptors (Lipinski definition) is 5. The number of nitrogens with one attached hydrogen (secondary N) is 1. The van der Waals surface area contributed by atoms with Crippen LogP contribution in [0.4, 0.5) is 5.95 Å². The summed E-state index contributed by atoms with van der Waals surface area (Å²) in [7, 11) is 1.51. The largest absolute Gasteiger partial charge is 0.496 e. The molecule has 0 saturated carbocycles. The van der Waals surface area contributed by atoms with E-state index in [1.54, 1.807) is 40.9 Å². The summed E-state index contributed by atoms with van der Waals surface area (Å²) < 4.78 is 6.85. The summed E-state index contributed by atoms with van der Waals surface area (Å²) in [6.45, 7) is 0. The highest BCUT2D eigenvalue weighted by Gasteiger charge is 2.17. The van der Waals surface area contributed by atoms with Gasteiger partial charge < -0.3 is 4.74 Å². The number of benzene rings is 2. The van der Waals surface area contributed by atoms with Crippen LogP contribution in [-0.4, -0.2) is 27.6 Å². The van der Waals surface area contributed by atoms with E-state index in [0.717, 1.165) is 11.3 Å². The van der Waals surface area contributed by atoms with Crippen LogP contribution < -0.4 is 10.1 Å². The molecule has 2 heterocycles. The quantitative estimate of drug-likeness (QED) is 0.504. The molecule has 9 heteroatoms. The number of para-hydroxylation sites is 1. The van der Waals surface area contributed by atoms with Crippen molar-refractivity contribution in [3.8, 4) is 17.0 Å². The second kappa shape index (κ2) is 7.19. The van der Waals surface area contributed by atoms with E-state index in [0.29, 0.717) is 26.3 Å². The summed E-state index contributed by atoms with van der Waals surface area (Å²) >= 11 is 13.7. The number of carbonyl (C=O) groups is 1. The molecule has 0 saturated heterocycles. The van der Waals surface area contributed by atoms with Gasteiger partial charge in [0.2, 0.25) is 4.96 Å². The lowest BCUT2D eigenvalue weighted by Gasteiger charge is -2.06. The highest BCUT2D eigenvalue weighted by molar-refractivity contribution is 7.15. The van der Waals surface area contributed by atoms with E-state index < -0.39 is 0 Å². The smallest absolute Gasteiger partial charge is 0.261 e. The Morgan fingerprint density at radius 3 is 2.81 bits per heavy atom. The number of amides is 1. The van der Waals surface area contributed by atoms with Crippen molar-refractivity contribution in [1.82, 2.24) is 14.6 Å². The number of rotatable bonds is 4. The monoisotopic (exact) mass is 418 g/mol. The van der Waals surface area contributed by atoms with Gasteiger partial charge in [-0.1, -0.05) is 35.3 Å². The van der Waals surface area contributed by atoms with E-state index in [2.05, 4.69) is 15.4 Å².